The Hall–Kier alpha value is -2.25. The van der Waals surface area contributed by atoms with Gasteiger partial charge in [0.25, 0.3) is 0 Å². The summed E-state index contributed by atoms with van der Waals surface area (Å²) >= 11 is 1.53. The molecule has 0 radical (unpaired) electrons. The van der Waals surface area contributed by atoms with E-state index in [-0.39, 0.29) is 18.0 Å². The maximum atomic E-state index is 14.2. The fourth-order valence-electron chi connectivity index (χ4n) is 3.46. The van der Waals surface area contributed by atoms with Crippen LogP contribution in [0.2, 0.25) is 0 Å². The van der Waals surface area contributed by atoms with Gasteiger partial charge < -0.3 is 10.4 Å². The maximum absolute atomic E-state index is 14.2. The van der Waals surface area contributed by atoms with Crippen LogP contribution in [0.15, 0.2) is 24.4 Å². The van der Waals surface area contributed by atoms with Gasteiger partial charge in [-0.2, -0.15) is 8.70 Å². The zero-order chi connectivity index (χ0) is 22.0. The number of hydrogen-bond donors (Lipinski definition) is 2. The highest BCUT2D eigenvalue weighted by Crippen LogP contribution is 2.33. The van der Waals surface area contributed by atoms with Crippen molar-refractivity contribution < 1.29 is 17.9 Å². The van der Waals surface area contributed by atoms with E-state index in [1.165, 1.54) is 28.1 Å². The lowest BCUT2D eigenvalue weighted by molar-refractivity contribution is 0.183. The topological polar surface area (TPSA) is 112 Å². The molecule has 1 saturated heterocycles. The Balaban J connectivity index is 1.61. The Labute approximate surface area is 183 Å². The van der Waals surface area contributed by atoms with Crippen molar-refractivity contribution in [2.45, 2.75) is 6.54 Å². The number of sulfonamides is 1. The fraction of sp³-hybridized carbons (Fsp3) is 0.421. The van der Waals surface area contributed by atoms with Crippen LogP contribution in [0, 0.1) is 5.95 Å². The molecule has 12 heteroatoms. The number of hydrogen-bond acceptors (Lipinski definition) is 9. The maximum Gasteiger partial charge on any atom is 0.223 e. The molecule has 166 valence electrons. The second-order valence-electron chi connectivity index (χ2n) is 7.25. The highest BCUT2D eigenvalue weighted by molar-refractivity contribution is 7.88. The van der Waals surface area contributed by atoms with E-state index < -0.39 is 16.0 Å². The molecule has 1 fully saturated rings. The van der Waals surface area contributed by atoms with E-state index in [0.29, 0.717) is 50.6 Å². The summed E-state index contributed by atoms with van der Waals surface area (Å²) in [5, 5.41) is 12.3. The second kappa shape index (κ2) is 9.09. The molecule has 0 amide bonds. The molecule has 0 aliphatic carbocycles. The van der Waals surface area contributed by atoms with Crippen LogP contribution in [0.5, 0.6) is 0 Å². The lowest BCUT2D eigenvalue weighted by Crippen LogP contribution is -2.47. The van der Waals surface area contributed by atoms with Gasteiger partial charge in [-0.25, -0.2) is 23.4 Å². The van der Waals surface area contributed by atoms with Gasteiger partial charge in [0.1, 0.15) is 5.82 Å². The smallest absolute Gasteiger partial charge is 0.223 e. The van der Waals surface area contributed by atoms with E-state index in [2.05, 4.69) is 25.2 Å². The predicted molar refractivity (Wildman–Crippen MR) is 118 cm³/mol. The lowest BCUT2D eigenvalue weighted by Gasteiger charge is -2.32. The number of anilines is 1. The van der Waals surface area contributed by atoms with Gasteiger partial charge in [-0.15, -0.1) is 11.3 Å². The first-order chi connectivity index (χ1) is 14.8. The Morgan fingerprint density at radius 2 is 2.03 bits per heavy atom. The lowest BCUT2D eigenvalue weighted by atomic mass is 10.2. The number of thiophene rings is 1. The van der Waals surface area contributed by atoms with Crippen LogP contribution in [0.4, 0.5) is 10.2 Å². The molecular formula is C19H23FN6O3S2. The Kier molecular flexibility index (Phi) is 6.44. The van der Waals surface area contributed by atoms with Gasteiger partial charge in [0, 0.05) is 50.3 Å². The third-order valence-corrected chi connectivity index (χ3v) is 7.43. The van der Waals surface area contributed by atoms with Gasteiger partial charge in [-0.3, -0.25) is 4.90 Å². The minimum atomic E-state index is -3.17. The number of nitrogens with one attached hydrogen (secondary N) is 1. The Bertz CT molecular complexity index is 1180. The van der Waals surface area contributed by atoms with Crippen LogP contribution in [0.3, 0.4) is 0 Å². The number of halogens is 1. The predicted octanol–water partition coefficient (Wildman–Crippen LogP) is 1.37. The van der Waals surface area contributed by atoms with E-state index >= 15 is 0 Å². The summed E-state index contributed by atoms with van der Waals surface area (Å²) in [7, 11) is -3.17. The molecule has 1 aliphatic heterocycles. The molecular weight excluding hydrogens is 443 g/mol. The number of fused-ring (bicyclic) bond motifs is 1. The molecule has 0 atom stereocenters. The summed E-state index contributed by atoms with van der Waals surface area (Å²) in [6, 6.07) is 5.16. The van der Waals surface area contributed by atoms with Crippen LogP contribution in [0.1, 0.15) is 4.88 Å². The standard InChI is InChI=1S/C19H23FN6O3S2/c1-31(28,29)26-8-6-25(7-9-26)12-13-11-15-16(30-13)19(22-5-10-27)24-18(23-15)14-3-2-4-21-17(14)20/h2-4,11,27H,5-10,12H2,1H3,(H,22,23,24). The van der Waals surface area contributed by atoms with Crippen molar-refractivity contribution in [2.75, 3.05) is 50.9 Å². The molecule has 0 aromatic carbocycles. The molecule has 2 N–H and O–H groups in total. The van der Waals surface area contributed by atoms with E-state index in [1.807, 2.05) is 6.07 Å². The quantitative estimate of drug-likeness (QED) is 0.503. The minimum absolute atomic E-state index is 0.0646. The molecule has 0 saturated carbocycles. The highest BCUT2D eigenvalue weighted by atomic mass is 32.2. The van der Waals surface area contributed by atoms with Crippen molar-refractivity contribution in [3.05, 3.63) is 35.2 Å². The second-order valence-corrected chi connectivity index (χ2v) is 10.4. The normalized spacial score (nSPS) is 16.1. The molecule has 31 heavy (non-hydrogen) atoms. The molecule has 3 aromatic rings. The SMILES string of the molecule is CS(=O)(=O)N1CCN(Cc2cc3nc(-c4cccnc4F)nc(NCCO)c3s2)CC1. The first-order valence-corrected chi connectivity index (χ1v) is 12.4. The number of aliphatic hydroxyl groups is 1. The van der Waals surface area contributed by atoms with Crippen molar-refractivity contribution in [2.24, 2.45) is 0 Å². The molecule has 1 aliphatic rings. The average molecular weight is 467 g/mol. The number of aliphatic hydroxyl groups excluding tert-OH is 1. The molecule has 4 heterocycles. The van der Waals surface area contributed by atoms with Crippen molar-refractivity contribution in [3.63, 3.8) is 0 Å². The van der Waals surface area contributed by atoms with Crippen LogP contribution in [0.25, 0.3) is 21.6 Å². The Morgan fingerprint density at radius 1 is 1.26 bits per heavy atom. The summed E-state index contributed by atoms with van der Waals surface area (Å²) in [5.74, 6) is 0.120. The first kappa shape index (κ1) is 22.0. The molecule has 9 nitrogen and oxygen atoms in total. The van der Waals surface area contributed by atoms with Crippen LogP contribution in [-0.2, 0) is 16.6 Å². The first-order valence-electron chi connectivity index (χ1n) is 9.78. The van der Waals surface area contributed by atoms with E-state index in [0.717, 1.165) is 9.58 Å². The molecule has 0 bridgehead atoms. The van der Waals surface area contributed by atoms with Crippen LogP contribution in [-0.4, -0.2) is 83.3 Å². The molecule has 0 spiro atoms. The zero-order valence-electron chi connectivity index (χ0n) is 17.0. The van der Waals surface area contributed by atoms with Crippen molar-refractivity contribution in [3.8, 4) is 11.4 Å². The van der Waals surface area contributed by atoms with Crippen molar-refractivity contribution in [1.82, 2.24) is 24.2 Å². The number of nitrogens with zero attached hydrogens (tertiary/aromatic N) is 5. The van der Waals surface area contributed by atoms with E-state index in [9.17, 15) is 17.9 Å². The number of pyridine rings is 1. The third kappa shape index (κ3) is 4.99. The Morgan fingerprint density at radius 3 is 2.71 bits per heavy atom. The van der Waals surface area contributed by atoms with Gasteiger partial charge in [-0.05, 0) is 18.2 Å². The van der Waals surface area contributed by atoms with Gasteiger partial charge in [0.2, 0.25) is 16.0 Å². The molecule has 0 unspecified atom stereocenters. The van der Waals surface area contributed by atoms with Crippen LogP contribution < -0.4 is 5.32 Å². The highest BCUT2D eigenvalue weighted by Gasteiger charge is 2.24. The monoisotopic (exact) mass is 466 g/mol. The van der Waals surface area contributed by atoms with Crippen molar-refractivity contribution in [1.29, 1.82) is 0 Å². The minimum Gasteiger partial charge on any atom is -0.395 e. The van der Waals surface area contributed by atoms with Crippen molar-refractivity contribution >= 4 is 37.4 Å². The average Bonchev–Trinajstić information content (AvgIpc) is 3.14. The summed E-state index contributed by atoms with van der Waals surface area (Å²) in [6.45, 7) is 3.14. The number of piperazine rings is 1. The largest absolute Gasteiger partial charge is 0.395 e. The van der Waals surface area contributed by atoms with Gasteiger partial charge in [0.05, 0.1) is 28.6 Å². The number of rotatable bonds is 7. The van der Waals surface area contributed by atoms with Gasteiger partial charge >= 0.3 is 0 Å². The fourth-order valence-corrected chi connectivity index (χ4v) is 5.39. The van der Waals surface area contributed by atoms with E-state index in [1.54, 1.807) is 12.1 Å². The van der Waals surface area contributed by atoms with Gasteiger partial charge in [0.15, 0.2) is 5.82 Å². The molecule has 4 rings (SSSR count). The third-order valence-electron chi connectivity index (χ3n) is 5.01. The summed E-state index contributed by atoms with van der Waals surface area (Å²) < 4.78 is 39.9. The summed E-state index contributed by atoms with van der Waals surface area (Å²) in [4.78, 5) is 15.9. The van der Waals surface area contributed by atoms with Crippen LogP contribution >= 0.6 is 11.3 Å². The number of aromatic nitrogens is 3. The van der Waals surface area contributed by atoms with E-state index in [4.69, 9.17) is 0 Å². The van der Waals surface area contributed by atoms with Gasteiger partial charge in [-0.1, -0.05) is 0 Å². The summed E-state index contributed by atoms with van der Waals surface area (Å²) in [6.07, 6.45) is 2.60. The molecule has 3 aromatic heterocycles. The zero-order valence-corrected chi connectivity index (χ0v) is 18.6. The summed E-state index contributed by atoms with van der Waals surface area (Å²) in [5.41, 5.74) is 0.893.